The molecule has 3 rings (SSSR count). The highest BCUT2D eigenvalue weighted by atomic mass is 16.3. The van der Waals surface area contributed by atoms with E-state index in [9.17, 15) is 15.0 Å². The van der Waals surface area contributed by atoms with Gasteiger partial charge in [0.1, 0.15) is 0 Å². The van der Waals surface area contributed by atoms with Crippen LogP contribution in [0.3, 0.4) is 0 Å². The van der Waals surface area contributed by atoms with Gasteiger partial charge in [0.25, 0.3) is 0 Å². The molecule has 0 aromatic heterocycles. The Bertz CT molecular complexity index is 516. The number of hydrogen-bond donors (Lipinski definition) is 2. The van der Waals surface area contributed by atoms with Crippen LogP contribution in [0, 0.1) is 10.8 Å². The van der Waals surface area contributed by atoms with Crippen LogP contribution in [-0.4, -0.2) is 28.7 Å². The molecule has 3 nitrogen and oxygen atoms in total. The van der Waals surface area contributed by atoms with Crippen LogP contribution in [0.15, 0.2) is 22.8 Å². The summed E-state index contributed by atoms with van der Waals surface area (Å²) in [5.74, 6) is 0.251. The summed E-state index contributed by atoms with van der Waals surface area (Å²) in [5, 5.41) is 19.8. The van der Waals surface area contributed by atoms with E-state index in [0.29, 0.717) is 12.8 Å². The fourth-order valence-electron chi connectivity index (χ4n) is 4.25. The number of ketones is 1. The zero-order valence-corrected chi connectivity index (χ0v) is 12.4. The lowest BCUT2D eigenvalue weighted by Crippen LogP contribution is -2.31. The van der Waals surface area contributed by atoms with Crippen molar-refractivity contribution in [2.75, 3.05) is 6.61 Å². The Kier molecular flexibility index (Phi) is 3.18. The number of rotatable bonds is 1. The van der Waals surface area contributed by atoms with Crippen LogP contribution in [-0.2, 0) is 4.79 Å². The van der Waals surface area contributed by atoms with Crippen molar-refractivity contribution in [2.24, 2.45) is 10.8 Å². The molecule has 3 atom stereocenters. The van der Waals surface area contributed by atoms with Gasteiger partial charge in [-0.15, -0.1) is 0 Å². The van der Waals surface area contributed by atoms with Gasteiger partial charge >= 0.3 is 0 Å². The van der Waals surface area contributed by atoms with Crippen molar-refractivity contribution in [3.8, 4) is 0 Å². The molecule has 0 aromatic carbocycles. The minimum atomic E-state index is -0.555. The molecule has 0 aliphatic heterocycles. The summed E-state index contributed by atoms with van der Waals surface area (Å²) in [5.41, 5.74) is 2.69. The molecule has 0 amide bonds. The minimum Gasteiger partial charge on any atom is -0.392 e. The second-order valence-electron chi connectivity index (χ2n) is 7.25. The van der Waals surface area contributed by atoms with E-state index in [1.807, 2.05) is 6.08 Å². The summed E-state index contributed by atoms with van der Waals surface area (Å²) < 4.78 is 0. The summed E-state index contributed by atoms with van der Waals surface area (Å²) in [6.45, 7) is 4.30. The highest BCUT2D eigenvalue weighted by Gasteiger charge is 2.46. The highest BCUT2D eigenvalue weighted by Crippen LogP contribution is 2.55. The molecule has 0 bridgehead atoms. The zero-order valence-electron chi connectivity index (χ0n) is 12.4. The van der Waals surface area contributed by atoms with Crippen molar-refractivity contribution in [3.63, 3.8) is 0 Å². The van der Waals surface area contributed by atoms with Crippen LogP contribution < -0.4 is 0 Å². The number of aliphatic hydroxyl groups excluding tert-OH is 2. The molecule has 0 spiro atoms. The quantitative estimate of drug-likeness (QED) is 0.773. The average Bonchev–Trinajstić information content (AvgIpc) is 2.63. The maximum atomic E-state index is 12.2. The summed E-state index contributed by atoms with van der Waals surface area (Å²) in [4.78, 5) is 12.2. The Morgan fingerprint density at radius 1 is 1.20 bits per heavy atom. The highest BCUT2D eigenvalue weighted by molar-refractivity contribution is 5.99. The lowest BCUT2D eigenvalue weighted by Gasteiger charge is -2.38. The van der Waals surface area contributed by atoms with Crippen molar-refractivity contribution >= 4 is 5.78 Å². The van der Waals surface area contributed by atoms with Gasteiger partial charge in [-0.1, -0.05) is 19.9 Å². The van der Waals surface area contributed by atoms with Crippen LogP contribution in [0.25, 0.3) is 0 Å². The third kappa shape index (κ3) is 1.91. The Morgan fingerprint density at radius 3 is 2.60 bits per heavy atom. The SMILES string of the molecule is C[C@@]12CCC(=O)C1=CC1=C(CO)[C@@H](O)CC[C@@]1(C)CC2. The molecule has 0 heterocycles. The van der Waals surface area contributed by atoms with Gasteiger partial charge in [0.2, 0.25) is 0 Å². The first-order valence-electron chi connectivity index (χ1n) is 7.67. The van der Waals surface area contributed by atoms with E-state index in [2.05, 4.69) is 13.8 Å². The molecule has 0 saturated heterocycles. The third-order valence-electron chi connectivity index (χ3n) is 5.91. The number of Topliss-reactive ketones (excluding diaryl/α,β-unsaturated/α-hetero) is 1. The molecule has 3 aliphatic carbocycles. The van der Waals surface area contributed by atoms with E-state index in [1.54, 1.807) is 0 Å². The summed E-state index contributed by atoms with van der Waals surface area (Å²) in [7, 11) is 0. The van der Waals surface area contributed by atoms with Crippen LogP contribution in [0.2, 0.25) is 0 Å². The maximum Gasteiger partial charge on any atom is 0.159 e. The molecule has 0 unspecified atom stereocenters. The van der Waals surface area contributed by atoms with Crippen LogP contribution in [0.5, 0.6) is 0 Å². The van der Waals surface area contributed by atoms with Gasteiger partial charge < -0.3 is 10.2 Å². The Hall–Kier alpha value is -0.930. The Labute approximate surface area is 120 Å². The molecule has 110 valence electrons. The van der Waals surface area contributed by atoms with Crippen molar-refractivity contribution in [1.29, 1.82) is 0 Å². The van der Waals surface area contributed by atoms with Crippen molar-refractivity contribution in [2.45, 2.75) is 58.5 Å². The largest absolute Gasteiger partial charge is 0.392 e. The molecule has 0 radical (unpaired) electrons. The summed E-state index contributed by atoms with van der Waals surface area (Å²) in [6, 6.07) is 0. The molecular formula is C17H24O3. The van der Waals surface area contributed by atoms with E-state index < -0.39 is 6.10 Å². The number of hydrogen-bond acceptors (Lipinski definition) is 3. The van der Waals surface area contributed by atoms with Gasteiger partial charge in [-0.05, 0) is 54.1 Å². The number of aliphatic hydroxyl groups is 2. The first-order chi connectivity index (χ1) is 9.39. The molecule has 0 aromatic rings. The topological polar surface area (TPSA) is 57.5 Å². The summed E-state index contributed by atoms with van der Waals surface area (Å²) >= 11 is 0. The first-order valence-corrected chi connectivity index (χ1v) is 7.67. The maximum absolute atomic E-state index is 12.2. The van der Waals surface area contributed by atoms with E-state index in [1.165, 1.54) is 0 Å². The van der Waals surface area contributed by atoms with Crippen molar-refractivity contribution < 1.29 is 15.0 Å². The average molecular weight is 276 g/mol. The van der Waals surface area contributed by atoms with Gasteiger partial charge in [0, 0.05) is 12.0 Å². The molecule has 1 fully saturated rings. The fourth-order valence-corrected chi connectivity index (χ4v) is 4.25. The van der Waals surface area contributed by atoms with Gasteiger partial charge in [0.05, 0.1) is 12.7 Å². The van der Waals surface area contributed by atoms with E-state index >= 15 is 0 Å². The van der Waals surface area contributed by atoms with Gasteiger partial charge in [-0.3, -0.25) is 4.79 Å². The molecule has 3 aliphatic rings. The molecule has 3 heteroatoms. The van der Waals surface area contributed by atoms with Crippen LogP contribution in [0.1, 0.15) is 52.4 Å². The predicted octanol–water partition coefficient (Wildman–Crippen LogP) is 2.53. The standard InChI is InChI=1S/C17H24O3/c1-16-5-3-14(19)11(10-18)12(16)9-13-15(20)4-6-17(13,2)8-7-16/h9,14,18-19H,3-8,10H2,1-2H3/t14-,16-,17-/m0/s1. The number of fused-ring (bicyclic) bond motifs is 2. The number of carbonyl (C=O) groups is 1. The number of allylic oxidation sites excluding steroid dienone is 3. The normalized spacial score (nSPS) is 41.1. The van der Waals surface area contributed by atoms with Crippen LogP contribution >= 0.6 is 0 Å². The zero-order chi connectivity index (χ0) is 14.5. The van der Waals surface area contributed by atoms with Gasteiger partial charge in [-0.2, -0.15) is 0 Å². The van der Waals surface area contributed by atoms with E-state index in [-0.39, 0.29) is 23.2 Å². The lowest BCUT2D eigenvalue weighted by atomic mass is 9.67. The molecule has 1 saturated carbocycles. The smallest absolute Gasteiger partial charge is 0.159 e. The van der Waals surface area contributed by atoms with Gasteiger partial charge in [0.15, 0.2) is 5.78 Å². The fraction of sp³-hybridized carbons (Fsp3) is 0.706. The molecular weight excluding hydrogens is 252 g/mol. The van der Waals surface area contributed by atoms with E-state index in [4.69, 9.17) is 0 Å². The first kappa shape index (κ1) is 14.0. The van der Waals surface area contributed by atoms with Crippen LogP contribution in [0.4, 0.5) is 0 Å². The van der Waals surface area contributed by atoms with Gasteiger partial charge in [-0.25, -0.2) is 0 Å². The minimum absolute atomic E-state index is 0.00206. The van der Waals surface area contributed by atoms with Crippen molar-refractivity contribution in [3.05, 3.63) is 22.8 Å². The predicted molar refractivity (Wildman–Crippen MR) is 77.1 cm³/mol. The van der Waals surface area contributed by atoms with E-state index in [0.717, 1.165) is 42.4 Å². The lowest BCUT2D eigenvalue weighted by molar-refractivity contribution is -0.114. The molecule has 2 N–H and O–H groups in total. The Morgan fingerprint density at radius 2 is 1.90 bits per heavy atom. The summed E-state index contributed by atoms with van der Waals surface area (Å²) in [6.07, 6.45) is 6.75. The molecule has 20 heavy (non-hydrogen) atoms. The third-order valence-corrected chi connectivity index (χ3v) is 5.91. The second kappa shape index (κ2) is 4.54. The number of carbonyl (C=O) groups excluding carboxylic acids is 1. The second-order valence-corrected chi connectivity index (χ2v) is 7.25. The van der Waals surface area contributed by atoms with Crippen molar-refractivity contribution in [1.82, 2.24) is 0 Å². The Balaban J connectivity index is 2.18. The monoisotopic (exact) mass is 276 g/mol.